The van der Waals surface area contributed by atoms with Crippen molar-refractivity contribution in [3.63, 3.8) is 0 Å². The normalized spacial score (nSPS) is 12.5. The van der Waals surface area contributed by atoms with E-state index < -0.39 is 16.2 Å². The molecule has 0 aliphatic heterocycles. The van der Waals surface area contributed by atoms with Crippen LogP contribution in [0.5, 0.6) is 0 Å². The molecule has 0 rings (SSSR count). The molecular formula is C25H58N4O2P3Ru+3. The number of carbonyl (C=O) groups is 1. The molecule has 1 amide bonds. The van der Waals surface area contributed by atoms with Gasteiger partial charge in [0.05, 0.1) is 30.7 Å². The van der Waals surface area contributed by atoms with Crippen LogP contribution >= 0.6 is 24.3 Å². The number of nitrogens with zero attached hydrogens (tertiary/aromatic N) is 2. The minimum Gasteiger partial charge on any atom is -0.612 e. The van der Waals surface area contributed by atoms with Gasteiger partial charge >= 0.3 is 19.5 Å². The van der Waals surface area contributed by atoms with E-state index in [0.717, 1.165) is 32.7 Å². The van der Waals surface area contributed by atoms with Crippen LogP contribution in [0.4, 0.5) is 4.79 Å². The Morgan fingerprint density at radius 2 is 1.29 bits per heavy atom. The molecule has 0 aliphatic rings. The molecular weight excluding hydrogens is 582 g/mol. The van der Waals surface area contributed by atoms with Crippen LogP contribution in [0.2, 0.25) is 0 Å². The van der Waals surface area contributed by atoms with Crippen LogP contribution in [0.25, 0.3) is 5.32 Å². The van der Waals surface area contributed by atoms with Crippen molar-refractivity contribution in [3.8, 4) is 0 Å². The molecule has 210 valence electrons. The molecule has 0 aromatic rings. The summed E-state index contributed by atoms with van der Waals surface area (Å²) < 4.78 is 5.75. The van der Waals surface area contributed by atoms with Gasteiger partial charge in [0.1, 0.15) is 0 Å². The van der Waals surface area contributed by atoms with E-state index in [9.17, 15) is 4.79 Å². The van der Waals surface area contributed by atoms with Crippen LogP contribution in [0.3, 0.4) is 0 Å². The Morgan fingerprint density at radius 1 is 0.800 bits per heavy atom. The second-order valence-corrected chi connectivity index (χ2v) is 21.1. The van der Waals surface area contributed by atoms with Crippen LogP contribution < -0.4 is 10.2 Å². The van der Waals surface area contributed by atoms with Crippen LogP contribution in [0.15, 0.2) is 0 Å². The Labute approximate surface area is 235 Å². The summed E-state index contributed by atoms with van der Waals surface area (Å²) >= 11 is 0. The fraction of sp³-hybridized carbons (Fsp3) is 0.960. The molecule has 0 heterocycles. The summed E-state index contributed by atoms with van der Waals surface area (Å²) in [4.78, 5) is 14.8. The van der Waals surface area contributed by atoms with E-state index in [4.69, 9.17) is 4.52 Å². The number of amides is 1. The maximum absolute atomic E-state index is 12.4. The van der Waals surface area contributed by atoms with Crippen LogP contribution in [-0.4, -0.2) is 84.2 Å². The predicted octanol–water partition coefficient (Wildman–Crippen LogP) is 7.08. The molecule has 0 spiro atoms. The third-order valence-corrected chi connectivity index (χ3v) is 14.5. The number of hydrogen-bond donors (Lipinski definition) is 2. The van der Waals surface area contributed by atoms with Gasteiger partial charge in [0.2, 0.25) is 0 Å². The van der Waals surface area contributed by atoms with E-state index >= 15 is 0 Å². The van der Waals surface area contributed by atoms with Crippen molar-refractivity contribution in [2.24, 2.45) is 0 Å². The molecule has 2 N–H and O–H groups in total. The van der Waals surface area contributed by atoms with Crippen LogP contribution in [0, 0.1) is 0 Å². The zero-order valence-corrected chi connectivity index (χ0v) is 29.4. The van der Waals surface area contributed by atoms with E-state index in [-0.39, 0.29) is 33.6 Å². The fourth-order valence-corrected chi connectivity index (χ4v) is 11.3. The second kappa shape index (κ2) is 21.0. The quantitative estimate of drug-likeness (QED) is 0.124. The third kappa shape index (κ3) is 17.3. The summed E-state index contributed by atoms with van der Waals surface area (Å²) in [6.07, 6.45) is -0.374. The average Bonchev–Trinajstić information content (AvgIpc) is 2.70. The first kappa shape index (κ1) is 38.2. The molecule has 0 atom stereocenters. The smallest absolute Gasteiger partial charge is 0.612 e. The molecule has 0 aromatic carbocycles. The number of hydrogen-bond acceptors (Lipinski definition) is 5. The molecule has 6 nitrogen and oxygen atoms in total. The molecule has 0 fully saturated rings. The first-order chi connectivity index (χ1) is 15.8. The van der Waals surface area contributed by atoms with Crippen molar-refractivity contribution in [2.45, 2.75) is 117 Å². The predicted molar refractivity (Wildman–Crippen MR) is 162 cm³/mol. The molecule has 0 unspecified atom stereocenters. The first-order valence-corrected chi connectivity index (χ1v) is 18.1. The Balaban J connectivity index is 0. The van der Waals surface area contributed by atoms with Crippen molar-refractivity contribution in [1.29, 1.82) is 0 Å². The summed E-state index contributed by atoms with van der Waals surface area (Å²) in [5, 5.41) is 11.9. The van der Waals surface area contributed by atoms with Crippen molar-refractivity contribution in [2.75, 3.05) is 39.3 Å². The summed E-state index contributed by atoms with van der Waals surface area (Å²) in [6.45, 7) is 32.3. The summed E-state index contributed by atoms with van der Waals surface area (Å²) in [5.41, 5.74) is 3.57. The van der Waals surface area contributed by atoms with E-state index in [1.54, 1.807) is 0 Å². The SMILES string of the molecule is CC(C)P(NCCN(CC[N-]C(=O)O[PH+](C(C)C)C(C)C)CCN[PH+](C(C)C)C(C)C)C(C)C.[Ru+2]. The van der Waals surface area contributed by atoms with Crippen molar-refractivity contribution < 1.29 is 28.8 Å². The Hall–Kier alpha value is 1.06. The van der Waals surface area contributed by atoms with Gasteiger partial charge in [0, 0.05) is 26.2 Å². The number of nitrogens with one attached hydrogen (secondary N) is 2. The standard InChI is InChI=1S/C25H57N4O2P3.Ru/c1-19(2)32(20(3)4)27-14-17-29(18-15-28-33(21(5)6)22(7)8)16-13-26-25(30)31-34(23(9)10)24(11)12;/h19-24,27-28H,13-18H2,1-12H3,(H,26,30);/q;+2/p+1. The second-order valence-electron chi connectivity index (χ2n) is 11.0. The Morgan fingerprint density at radius 3 is 1.71 bits per heavy atom. The van der Waals surface area contributed by atoms with Crippen molar-refractivity contribution in [1.82, 2.24) is 15.1 Å². The fourth-order valence-electron chi connectivity index (χ4n) is 4.39. The molecule has 0 radical (unpaired) electrons. The molecule has 10 heteroatoms. The maximum Gasteiger partial charge on any atom is 2.00 e. The van der Waals surface area contributed by atoms with Gasteiger partial charge in [-0.2, -0.15) is 5.09 Å². The molecule has 0 saturated carbocycles. The van der Waals surface area contributed by atoms with Gasteiger partial charge in [-0.15, -0.1) is 6.54 Å². The number of rotatable bonds is 18. The maximum atomic E-state index is 12.4. The Bertz CT molecular complexity index is 491. The molecule has 0 aliphatic carbocycles. The van der Waals surface area contributed by atoms with E-state index in [0.29, 0.717) is 40.5 Å². The summed E-state index contributed by atoms with van der Waals surface area (Å²) in [5.74, 6) is 0. The molecule has 0 saturated heterocycles. The minimum atomic E-state index is -1.18. The zero-order valence-electron chi connectivity index (χ0n) is 24.7. The Kier molecular flexibility index (Phi) is 22.9. The summed E-state index contributed by atoms with van der Waals surface area (Å²) in [6, 6.07) is 0. The van der Waals surface area contributed by atoms with E-state index in [2.05, 4.69) is 103 Å². The van der Waals surface area contributed by atoms with Gasteiger partial charge in [-0.1, -0.05) is 27.7 Å². The third-order valence-electron chi connectivity index (χ3n) is 5.84. The average molecular weight is 641 g/mol. The summed E-state index contributed by atoms with van der Waals surface area (Å²) in [7, 11) is -1.93. The minimum absolute atomic E-state index is 0. The van der Waals surface area contributed by atoms with Gasteiger partial charge in [-0.25, -0.2) is 0 Å². The largest absolute Gasteiger partial charge is 2.00 e. The van der Waals surface area contributed by atoms with Crippen molar-refractivity contribution >= 4 is 30.4 Å². The molecule has 35 heavy (non-hydrogen) atoms. The van der Waals surface area contributed by atoms with Crippen molar-refractivity contribution in [3.05, 3.63) is 5.32 Å². The topological polar surface area (TPSA) is 67.7 Å². The number of carbonyl (C=O) groups excluding carboxylic acids is 1. The monoisotopic (exact) mass is 641 g/mol. The van der Waals surface area contributed by atoms with E-state index in [1.807, 2.05) is 0 Å². The van der Waals surface area contributed by atoms with Gasteiger partial charge in [0.15, 0.2) is 8.15 Å². The van der Waals surface area contributed by atoms with Crippen LogP contribution in [-0.2, 0) is 24.0 Å². The van der Waals surface area contributed by atoms with Gasteiger partial charge in [0.25, 0.3) is 6.09 Å². The van der Waals surface area contributed by atoms with Gasteiger partial charge in [-0.05, 0) is 81.3 Å². The first-order valence-electron chi connectivity index (χ1n) is 13.4. The van der Waals surface area contributed by atoms with Gasteiger partial charge < -0.3 is 14.7 Å². The van der Waals surface area contributed by atoms with E-state index in [1.165, 1.54) is 0 Å². The molecule has 0 aromatic heterocycles. The molecule has 0 bridgehead atoms. The van der Waals surface area contributed by atoms with Gasteiger partial charge in [-0.3, -0.25) is 9.88 Å². The zero-order chi connectivity index (χ0) is 26.4. The van der Waals surface area contributed by atoms with Crippen LogP contribution in [0.1, 0.15) is 83.1 Å².